The number of ether oxygens (including phenoxy) is 1. The maximum absolute atomic E-state index is 15.2. The number of cyclic esters (lactones) is 1. The van der Waals surface area contributed by atoms with Crippen LogP contribution in [-0.2, 0) is 43.3 Å². The second kappa shape index (κ2) is 19.0. The van der Waals surface area contributed by atoms with Crippen LogP contribution in [0.15, 0.2) is 41.9 Å². The fourth-order valence-corrected chi connectivity index (χ4v) is 14.0. The summed E-state index contributed by atoms with van der Waals surface area (Å²) in [4.78, 5) is 72.5. The lowest BCUT2D eigenvalue weighted by Gasteiger charge is -2.45. The first-order valence-corrected chi connectivity index (χ1v) is 27.6. The number of aryl methyl sites for hydroxylation is 1. The van der Waals surface area contributed by atoms with Crippen molar-refractivity contribution in [3.8, 4) is 22.5 Å². The van der Waals surface area contributed by atoms with Gasteiger partial charge in [-0.1, -0.05) is 46.6 Å². The molecule has 374 valence electrons. The van der Waals surface area contributed by atoms with Gasteiger partial charge in [0.15, 0.2) is 0 Å². The maximum atomic E-state index is 15.2. The summed E-state index contributed by atoms with van der Waals surface area (Å²) >= 11 is 1.51. The Labute approximate surface area is 417 Å². The van der Waals surface area contributed by atoms with E-state index in [1.54, 1.807) is 5.01 Å². The van der Waals surface area contributed by atoms with Crippen molar-refractivity contribution in [2.45, 2.75) is 161 Å². The van der Waals surface area contributed by atoms with E-state index in [0.717, 1.165) is 122 Å². The molecule has 1 aromatic carbocycles. The Morgan fingerprint density at radius 2 is 1.81 bits per heavy atom. The molecule has 3 amide bonds. The van der Waals surface area contributed by atoms with Gasteiger partial charge in [0, 0.05) is 89.6 Å². The van der Waals surface area contributed by atoms with Crippen molar-refractivity contribution in [2.75, 3.05) is 39.3 Å². The molecule has 2 saturated carbocycles. The van der Waals surface area contributed by atoms with Crippen molar-refractivity contribution in [3.05, 3.63) is 58.2 Å². The molecule has 5 aliphatic heterocycles. The van der Waals surface area contributed by atoms with E-state index in [1.165, 1.54) is 29.7 Å². The number of likely N-dealkylation sites (tertiary alicyclic amines) is 2. The van der Waals surface area contributed by atoms with Gasteiger partial charge < -0.3 is 19.5 Å². The zero-order chi connectivity index (χ0) is 48.5. The van der Waals surface area contributed by atoms with E-state index in [2.05, 4.69) is 94.7 Å². The number of hydrazine groups is 1. The highest BCUT2D eigenvalue weighted by Gasteiger charge is 2.54. The van der Waals surface area contributed by atoms with Crippen LogP contribution < -0.4 is 16.1 Å². The van der Waals surface area contributed by atoms with Gasteiger partial charge in [0.25, 0.3) is 5.91 Å². The number of nitrogens with one attached hydrogen (secondary N) is 3. The number of rotatable bonds is 9. The van der Waals surface area contributed by atoms with Crippen LogP contribution in [0, 0.1) is 22.7 Å². The molecule has 6 atom stereocenters. The molecule has 70 heavy (non-hydrogen) atoms. The van der Waals surface area contributed by atoms with Crippen molar-refractivity contribution in [1.29, 1.82) is 0 Å². The fraction of sp³-hybridized carbons (Fsp3) is 0.636. The number of hydrogen-bond donors (Lipinski definition) is 3. The van der Waals surface area contributed by atoms with Gasteiger partial charge in [-0.2, -0.15) is 0 Å². The Morgan fingerprint density at radius 3 is 2.60 bits per heavy atom. The van der Waals surface area contributed by atoms with Crippen LogP contribution in [0.25, 0.3) is 33.4 Å². The molecular weight excluding hydrogens is 899 g/mol. The van der Waals surface area contributed by atoms with Crippen molar-refractivity contribution in [3.63, 3.8) is 0 Å². The summed E-state index contributed by atoms with van der Waals surface area (Å²) in [5.41, 5.74) is 10.2. The molecule has 7 aliphatic rings. The van der Waals surface area contributed by atoms with E-state index >= 15 is 4.79 Å². The number of hydrogen-bond acceptors (Lipinski definition) is 11. The molecule has 3 aromatic heterocycles. The third-order valence-electron chi connectivity index (χ3n) is 16.9. The Morgan fingerprint density at radius 1 is 0.986 bits per heavy atom. The molecule has 1 spiro atoms. The summed E-state index contributed by atoms with van der Waals surface area (Å²) in [6, 6.07) is 9.14. The number of amides is 3. The summed E-state index contributed by atoms with van der Waals surface area (Å²) in [6.07, 6.45) is 13.4. The normalized spacial score (nSPS) is 28.1. The van der Waals surface area contributed by atoms with Crippen LogP contribution in [0.5, 0.6) is 0 Å². The molecule has 0 radical (unpaired) electrons. The number of aromatic nitrogens is 3. The highest BCUT2D eigenvalue weighted by molar-refractivity contribution is 7.10. The van der Waals surface area contributed by atoms with Gasteiger partial charge in [0.05, 0.1) is 34.7 Å². The number of fused-ring (bicyclic) bond motifs is 6. The first kappa shape index (κ1) is 47.6. The molecule has 0 unspecified atom stereocenters. The maximum Gasteiger partial charge on any atom is 0.324 e. The molecule has 2 aliphatic carbocycles. The molecule has 4 aromatic rings. The number of thiazole rings is 1. The summed E-state index contributed by atoms with van der Waals surface area (Å²) in [6.45, 7) is 15.3. The SMILES string of the molecule is CCn1c(-c2cccnc2C(C)C)c2c3cc(ccc31)-c1csc(n1)C[C@H](NC(=O)[C@H](C1CCCC1)N1CCC[C@@]3(CCN(C(=O)[C@@H]4N[C@@H]4C4CC4)C3)C1)C(=O)N1CCC[C@H](N1)C(=O)OCC(C)(C)C2. The number of carbonyl (C=O) groups is 4. The highest BCUT2D eigenvalue weighted by atomic mass is 32.1. The van der Waals surface area contributed by atoms with Crippen molar-refractivity contribution in [1.82, 2.24) is 45.4 Å². The number of carbonyl (C=O) groups excluding carboxylic acids is 4. The van der Waals surface area contributed by atoms with E-state index in [1.807, 2.05) is 12.3 Å². The second-order valence-electron chi connectivity index (χ2n) is 23.1. The van der Waals surface area contributed by atoms with Crippen LogP contribution in [0.3, 0.4) is 0 Å². The standard InChI is InChI=1S/C55H73N9O5S/c1-6-63-43-19-18-36-26-38(43)39(49(63)37-14-9-22-56-45(37)33(2)3)28-54(4,5)32-69-53(68)40-15-10-24-64(60-40)51(66)41(27-44-57-42(36)29-70-44)58-50(65)48(35-12-7-8-13-35)61-23-11-20-55(30-61)21-25-62(31-55)52(67)47-46(59-47)34-16-17-34/h9,14,18-19,22,26,29,33-35,40-41,46-48,59-60H,6-8,10-13,15-17,20-21,23-25,27-28,30-32H2,1-5H3,(H,58,65)/t40-,41-,46+,47+,48-,55+/m0/s1. The molecule has 4 saturated heterocycles. The van der Waals surface area contributed by atoms with Gasteiger partial charge in [0.1, 0.15) is 18.1 Å². The predicted octanol–water partition coefficient (Wildman–Crippen LogP) is 7.24. The average molecular weight is 972 g/mol. The minimum Gasteiger partial charge on any atom is -0.464 e. The lowest BCUT2D eigenvalue weighted by molar-refractivity contribution is -0.155. The third-order valence-corrected chi connectivity index (χ3v) is 17.8. The minimum atomic E-state index is -0.913. The first-order chi connectivity index (χ1) is 33.8. The van der Waals surface area contributed by atoms with Gasteiger partial charge in [-0.3, -0.25) is 39.4 Å². The molecule has 11 rings (SSSR count). The van der Waals surface area contributed by atoms with E-state index < -0.39 is 17.5 Å². The molecule has 6 bridgehead atoms. The minimum absolute atomic E-state index is 0.0226. The molecular formula is C55H73N9O5S. The topological polar surface area (TPSA) is 164 Å². The second-order valence-corrected chi connectivity index (χ2v) is 24.1. The van der Waals surface area contributed by atoms with Crippen LogP contribution in [0.2, 0.25) is 0 Å². The summed E-state index contributed by atoms with van der Waals surface area (Å²) in [7, 11) is 0. The third kappa shape index (κ3) is 9.33. The quantitative estimate of drug-likeness (QED) is 0.115. The Kier molecular flexibility index (Phi) is 13.0. The number of benzene rings is 1. The van der Waals surface area contributed by atoms with Crippen molar-refractivity contribution >= 4 is 45.9 Å². The summed E-state index contributed by atoms with van der Waals surface area (Å²) < 4.78 is 8.61. The van der Waals surface area contributed by atoms with Crippen molar-refractivity contribution in [2.24, 2.45) is 22.7 Å². The van der Waals surface area contributed by atoms with Crippen molar-refractivity contribution < 1.29 is 23.9 Å². The van der Waals surface area contributed by atoms with E-state index in [4.69, 9.17) is 14.7 Å². The Hall–Kier alpha value is -4.70. The zero-order valence-electron chi connectivity index (χ0n) is 41.9. The molecule has 3 N–H and O–H groups in total. The van der Waals surface area contributed by atoms with Gasteiger partial charge >= 0.3 is 5.97 Å². The fourth-order valence-electron chi connectivity index (χ4n) is 13.2. The number of esters is 1. The van der Waals surface area contributed by atoms with Gasteiger partial charge in [-0.05, 0) is 125 Å². The van der Waals surface area contributed by atoms with Crippen LogP contribution in [-0.4, -0.2) is 123 Å². The van der Waals surface area contributed by atoms with Gasteiger partial charge in [-0.15, -0.1) is 11.3 Å². The molecule has 14 nitrogen and oxygen atoms in total. The Balaban J connectivity index is 0.911. The molecule has 8 heterocycles. The van der Waals surface area contributed by atoms with Crippen LogP contribution in [0.1, 0.15) is 127 Å². The monoisotopic (exact) mass is 972 g/mol. The van der Waals surface area contributed by atoms with E-state index in [-0.39, 0.29) is 66.1 Å². The number of pyridine rings is 1. The highest BCUT2D eigenvalue weighted by Crippen LogP contribution is 2.45. The lowest BCUT2D eigenvalue weighted by Crippen LogP contribution is -2.63. The molecule has 6 fully saturated rings. The van der Waals surface area contributed by atoms with Gasteiger partial charge in [-0.25, -0.2) is 10.4 Å². The first-order valence-electron chi connectivity index (χ1n) is 26.7. The zero-order valence-corrected chi connectivity index (χ0v) is 42.8. The van der Waals surface area contributed by atoms with Gasteiger partial charge in [0.2, 0.25) is 11.8 Å². The Bertz CT molecular complexity index is 2650. The largest absolute Gasteiger partial charge is 0.464 e. The average Bonchev–Trinajstić information content (AvgIpc) is 4.15. The summed E-state index contributed by atoms with van der Waals surface area (Å²) in [5.74, 6) is 0.547. The predicted molar refractivity (Wildman–Crippen MR) is 272 cm³/mol. The van der Waals surface area contributed by atoms with E-state index in [0.29, 0.717) is 37.8 Å². The smallest absolute Gasteiger partial charge is 0.324 e. The lowest BCUT2D eigenvalue weighted by atomic mass is 9.78. The molecule has 15 heteroatoms. The summed E-state index contributed by atoms with van der Waals surface area (Å²) in [5, 5.41) is 12.3. The van der Waals surface area contributed by atoms with Crippen LogP contribution in [0.4, 0.5) is 0 Å². The van der Waals surface area contributed by atoms with E-state index in [9.17, 15) is 14.4 Å². The number of piperidine rings is 1. The van der Waals surface area contributed by atoms with Crippen LogP contribution >= 0.6 is 11.3 Å². The number of nitrogens with zero attached hydrogens (tertiary/aromatic N) is 6.